The summed E-state index contributed by atoms with van der Waals surface area (Å²) in [5.41, 5.74) is 0.603. The zero-order chi connectivity index (χ0) is 15.6. The van der Waals surface area contributed by atoms with Crippen molar-refractivity contribution in [2.24, 2.45) is 5.92 Å². The Bertz CT molecular complexity index is 722. The number of rotatable bonds is 6. The fourth-order valence-corrected chi connectivity index (χ4v) is 3.61. The molecule has 2 aromatic heterocycles. The van der Waals surface area contributed by atoms with Crippen LogP contribution in [0.1, 0.15) is 27.7 Å². The molecule has 2 heterocycles. The molecule has 0 bridgehead atoms. The third-order valence-corrected chi connectivity index (χ3v) is 5.01. The van der Waals surface area contributed by atoms with E-state index in [0.29, 0.717) is 18.0 Å². The molecule has 0 spiro atoms. The number of fused-ring (bicyclic) bond motifs is 1. The molecule has 2 aromatic rings. The average Bonchev–Trinajstić information content (AvgIpc) is 2.77. The van der Waals surface area contributed by atoms with Crippen molar-refractivity contribution >= 4 is 21.5 Å². The monoisotopic (exact) mass is 310 g/mol. The molecule has 0 fully saturated rings. The molecule has 0 saturated heterocycles. The maximum absolute atomic E-state index is 12.7. The number of hydrogen-bond donors (Lipinski definition) is 2. The first-order chi connectivity index (χ1) is 9.86. The Hall–Kier alpha value is -1.60. The number of nitrogens with zero attached hydrogens (tertiary/aromatic N) is 2. The minimum absolute atomic E-state index is 0.154. The maximum atomic E-state index is 12.7. The Morgan fingerprint density at radius 2 is 2.00 bits per heavy atom. The second-order valence-corrected chi connectivity index (χ2v) is 7.01. The van der Waals surface area contributed by atoms with E-state index in [1.54, 1.807) is 22.7 Å². The number of pyridine rings is 1. The van der Waals surface area contributed by atoms with Crippen LogP contribution in [0, 0.1) is 5.92 Å². The van der Waals surface area contributed by atoms with Crippen LogP contribution in [0.4, 0.5) is 5.82 Å². The van der Waals surface area contributed by atoms with E-state index in [1.165, 1.54) is 0 Å². The fraction of sp³-hybridized carbons (Fsp3) is 0.500. The highest BCUT2D eigenvalue weighted by Crippen LogP contribution is 2.23. The summed E-state index contributed by atoms with van der Waals surface area (Å²) >= 11 is 0. The van der Waals surface area contributed by atoms with Crippen LogP contribution in [-0.4, -0.2) is 30.4 Å². The summed E-state index contributed by atoms with van der Waals surface area (Å²) in [6, 6.07) is 5.25. The molecule has 1 unspecified atom stereocenters. The van der Waals surface area contributed by atoms with Crippen LogP contribution in [-0.2, 0) is 10.0 Å². The van der Waals surface area contributed by atoms with Gasteiger partial charge in [-0.3, -0.25) is 4.40 Å². The lowest BCUT2D eigenvalue weighted by Gasteiger charge is -2.17. The Kier molecular flexibility index (Phi) is 4.53. The number of anilines is 1. The molecule has 0 aliphatic heterocycles. The molecule has 0 aliphatic rings. The quantitative estimate of drug-likeness (QED) is 0.856. The SMILES string of the molecule is CCNc1nc2ccccn2c1S(=O)(=O)NC(C)C(C)C. The third-order valence-electron chi connectivity index (χ3n) is 3.43. The van der Waals surface area contributed by atoms with Crippen molar-refractivity contribution in [3.63, 3.8) is 0 Å². The topological polar surface area (TPSA) is 75.5 Å². The van der Waals surface area contributed by atoms with Crippen molar-refractivity contribution in [3.8, 4) is 0 Å². The van der Waals surface area contributed by atoms with E-state index in [-0.39, 0.29) is 17.0 Å². The van der Waals surface area contributed by atoms with Gasteiger partial charge in [0.25, 0.3) is 10.0 Å². The Morgan fingerprint density at radius 3 is 2.62 bits per heavy atom. The van der Waals surface area contributed by atoms with Gasteiger partial charge in [-0.1, -0.05) is 19.9 Å². The normalized spacial score (nSPS) is 13.8. The average molecular weight is 310 g/mol. The second-order valence-electron chi connectivity index (χ2n) is 5.38. The van der Waals surface area contributed by atoms with Crippen LogP contribution in [0.5, 0.6) is 0 Å². The van der Waals surface area contributed by atoms with Crippen LogP contribution < -0.4 is 10.0 Å². The molecular formula is C14H22N4O2S. The number of sulfonamides is 1. The summed E-state index contributed by atoms with van der Waals surface area (Å²) in [5.74, 6) is 0.591. The number of hydrogen-bond acceptors (Lipinski definition) is 4. The van der Waals surface area contributed by atoms with Crippen molar-refractivity contribution in [1.82, 2.24) is 14.1 Å². The summed E-state index contributed by atoms with van der Waals surface area (Å²) in [6.45, 7) is 8.33. The van der Waals surface area contributed by atoms with Gasteiger partial charge >= 0.3 is 0 Å². The number of nitrogens with one attached hydrogen (secondary N) is 2. The van der Waals surface area contributed by atoms with E-state index in [4.69, 9.17) is 0 Å². The molecule has 1 atom stereocenters. The van der Waals surface area contributed by atoms with Gasteiger partial charge in [0.1, 0.15) is 5.65 Å². The van der Waals surface area contributed by atoms with Gasteiger partial charge in [0.05, 0.1) is 0 Å². The molecule has 2 rings (SSSR count). The zero-order valence-corrected chi connectivity index (χ0v) is 13.6. The van der Waals surface area contributed by atoms with E-state index in [0.717, 1.165) is 0 Å². The van der Waals surface area contributed by atoms with E-state index in [1.807, 2.05) is 33.8 Å². The molecule has 21 heavy (non-hydrogen) atoms. The predicted octanol–water partition coefficient (Wildman–Crippen LogP) is 2.09. The molecule has 7 heteroatoms. The van der Waals surface area contributed by atoms with Crippen molar-refractivity contribution < 1.29 is 8.42 Å². The van der Waals surface area contributed by atoms with E-state index < -0.39 is 10.0 Å². The van der Waals surface area contributed by atoms with Gasteiger partial charge in [-0.05, 0) is 31.9 Å². The molecule has 0 radical (unpaired) electrons. The zero-order valence-electron chi connectivity index (χ0n) is 12.8. The van der Waals surface area contributed by atoms with Gasteiger partial charge in [-0.2, -0.15) is 0 Å². The van der Waals surface area contributed by atoms with Gasteiger partial charge in [-0.25, -0.2) is 18.1 Å². The van der Waals surface area contributed by atoms with Crippen LogP contribution in [0.3, 0.4) is 0 Å². The molecule has 0 aliphatic carbocycles. The lowest BCUT2D eigenvalue weighted by Crippen LogP contribution is -2.37. The maximum Gasteiger partial charge on any atom is 0.260 e. The van der Waals surface area contributed by atoms with E-state index >= 15 is 0 Å². The third kappa shape index (κ3) is 3.19. The minimum atomic E-state index is -3.65. The van der Waals surface area contributed by atoms with Crippen LogP contribution in [0.25, 0.3) is 5.65 Å². The number of aromatic nitrogens is 2. The summed E-state index contributed by atoms with van der Waals surface area (Å²) in [5, 5.41) is 3.18. The van der Waals surface area contributed by atoms with Gasteiger partial charge < -0.3 is 5.32 Å². The first kappa shape index (κ1) is 15.8. The standard InChI is InChI=1S/C14H22N4O2S/c1-5-15-13-14(18-9-7-6-8-12(18)16-13)21(19,20)17-11(4)10(2)3/h6-11,15,17H,5H2,1-4H3. The van der Waals surface area contributed by atoms with Crippen molar-refractivity contribution in [3.05, 3.63) is 24.4 Å². The van der Waals surface area contributed by atoms with Gasteiger partial charge in [-0.15, -0.1) is 0 Å². The van der Waals surface area contributed by atoms with Crippen LogP contribution in [0.2, 0.25) is 0 Å². The Morgan fingerprint density at radius 1 is 1.29 bits per heavy atom. The summed E-state index contributed by atoms with van der Waals surface area (Å²) in [6.07, 6.45) is 1.71. The number of imidazole rings is 1. The van der Waals surface area contributed by atoms with E-state index in [2.05, 4.69) is 15.0 Å². The van der Waals surface area contributed by atoms with Crippen molar-refractivity contribution in [2.75, 3.05) is 11.9 Å². The molecule has 0 aromatic carbocycles. The van der Waals surface area contributed by atoms with Crippen molar-refractivity contribution in [2.45, 2.75) is 38.8 Å². The van der Waals surface area contributed by atoms with Gasteiger partial charge in [0, 0.05) is 18.8 Å². The highest BCUT2D eigenvalue weighted by atomic mass is 32.2. The molecule has 2 N–H and O–H groups in total. The largest absolute Gasteiger partial charge is 0.368 e. The van der Waals surface area contributed by atoms with Crippen LogP contribution >= 0.6 is 0 Å². The first-order valence-electron chi connectivity index (χ1n) is 7.10. The molecule has 0 saturated carbocycles. The lowest BCUT2D eigenvalue weighted by atomic mass is 10.1. The van der Waals surface area contributed by atoms with Gasteiger partial charge in [0.2, 0.25) is 0 Å². The summed E-state index contributed by atoms with van der Waals surface area (Å²) in [4.78, 5) is 4.35. The Balaban J connectivity index is 2.55. The second kappa shape index (κ2) is 6.03. The molecule has 116 valence electrons. The predicted molar refractivity (Wildman–Crippen MR) is 84.0 cm³/mol. The van der Waals surface area contributed by atoms with Crippen molar-refractivity contribution in [1.29, 1.82) is 0 Å². The Labute approximate surface area is 125 Å². The van der Waals surface area contributed by atoms with Crippen LogP contribution in [0.15, 0.2) is 29.4 Å². The van der Waals surface area contributed by atoms with E-state index in [9.17, 15) is 8.42 Å². The molecule has 6 nitrogen and oxygen atoms in total. The fourth-order valence-electron chi connectivity index (χ4n) is 1.95. The highest BCUT2D eigenvalue weighted by molar-refractivity contribution is 7.89. The minimum Gasteiger partial charge on any atom is -0.368 e. The molecule has 0 amide bonds. The molecular weight excluding hydrogens is 288 g/mol. The smallest absolute Gasteiger partial charge is 0.260 e. The summed E-state index contributed by atoms with van der Waals surface area (Å²) in [7, 11) is -3.65. The van der Waals surface area contributed by atoms with Gasteiger partial charge in [0.15, 0.2) is 10.8 Å². The summed E-state index contributed by atoms with van der Waals surface area (Å²) < 4.78 is 29.7. The highest BCUT2D eigenvalue weighted by Gasteiger charge is 2.27. The lowest BCUT2D eigenvalue weighted by molar-refractivity contribution is 0.475. The first-order valence-corrected chi connectivity index (χ1v) is 8.58.